The van der Waals surface area contributed by atoms with Gasteiger partial charge in [-0.2, -0.15) is 0 Å². The van der Waals surface area contributed by atoms with Crippen LogP contribution in [0.15, 0.2) is 0 Å². The van der Waals surface area contributed by atoms with Crippen molar-refractivity contribution in [3.63, 3.8) is 0 Å². The fourth-order valence-electron chi connectivity index (χ4n) is 9.35. The summed E-state index contributed by atoms with van der Waals surface area (Å²) in [5.74, 6) is -0.762. The Morgan fingerprint density at radius 2 is 0.561 bits per heavy atom. The van der Waals surface area contributed by atoms with E-state index in [4.69, 9.17) is 37.0 Å². The number of unbranched alkanes of at least 4 members (excludes halogenated alkanes) is 32. The van der Waals surface area contributed by atoms with Crippen molar-refractivity contribution in [1.82, 2.24) is 0 Å². The Kier molecular flexibility index (Phi) is 54.3. The van der Waals surface area contributed by atoms with Crippen LogP contribution >= 0.6 is 15.6 Å². The number of ether oxygens (including phenoxy) is 4. The van der Waals surface area contributed by atoms with Crippen molar-refractivity contribution in [1.29, 1.82) is 0 Å². The quantitative estimate of drug-likeness (QED) is 0.0222. The molecule has 0 saturated heterocycles. The fraction of sp³-hybridized carbons (Fsp3) is 0.937. The third-order valence-corrected chi connectivity index (χ3v) is 16.4. The number of hydrogen-bond acceptors (Lipinski definition) is 15. The molecule has 0 aliphatic heterocycles. The summed E-state index contributed by atoms with van der Waals surface area (Å²) in [7, 11) is -9.88. The number of hydrogen-bond donors (Lipinski definition) is 3. The zero-order chi connectivity index (χ0) is 60.8. The highest BCUT2D eigenvalue weighted by Gasteiger charge is 2.30. The Balaban J connectivity index is 5.24. The van der Waals surface area contributed by atoms with Crippen molar-refractivity contribution in [3.05, 3.63) is 0 Å². The molecule has 2 unspecified atom stereocenters. The fourth-order valence-corrected chi connectivity index (χ4v) is 10.9. The van der Waals surface area contributed by atoms with E-state index >= 15 is 0 Å². The minimum absolute atomic E-state index is 0.102. The van der Waals surface area contributed by atoms with Crippen molar-refractivity contribution < 1.29 is 80.2 Å². The molecule has 486 valence electrons. The lowest BCUT2D eigenvalue weighted by molar-refractivity contribution is -0.161. The monoisotopic (exact) mass is 1210 g/mol. The van der Waals surface area contributed by atoms with Crippen LogP contribution in [0.5, 0.6) is 0 Å². The van der Waals surface area contributed by atoms with Crippen LogP contribution in [0.3, 0.4) is 0 Å². The van der Waals surface area contributed by atoms with Gasteiger partial charge in [0.1, 0.15) is 19.3 Å². The lowest BCUT2D eigenvalue weighted by Crippen LogP contribution is -2.30. The molecule has 3 N–H and O–H groups in total. The summed E-state index contributed by atoms with van der Waals surface area (Å²) in [6.07, 6.45) is 37.7. The largest absolute Gasteiger partial charge is 0.472 e. The van der Waals surface area contributed by atoms with E-state index in [1.165, 1.54) is 122 Å². The molecular formula is C63H122O17P2. The first-order valence-corrected chi connectivity index (χ1v) is 36.0. The lowest BCUT2D eigenvalue weighted by atomic mass is 10.0. The second-order valence-electron chi connectivity index (χ2n) is 23.7. The van der Waals surface area contributed by atoms with Crippen LogP contribution in [0, 0.1) is 11.8 Å². The molecule has 0 radical (unpaired) electrons. The zero-order valence-corrected chi connectivity index (χ0v) is 54.6. The summed E-state index contributed by atoms with van der Waals surface area (Å²) < 4.78 is 67.9. The number of aliphatic hydroxyl groups excluding tert-OH is 1. The minimum atomic E-state index is -4.94. The molecule has 0 spiro atoms. The number of rotatable bonds is 62. The predicted octanol–water partition coefficient (Wildman–Crippen LogP) is 17.3. The van der Waals surface area contributed by atoms with Crippen molar-refractivity contribution in [2.24, 2.45) is 11.8 Å². The van der Waals surface area contributed by atoms with Gasteiger partial charge in [0, 0.05) is 25.7 Å². The summed E-state index contributed by atoms with van der Waals surface area (Å²) in [5, 5.41) is 10.5. The number of phosphoric ester groups is 2. The van der Waals surface area contributed by atoms with Gasteiger partial charge < -0.3 is 33.8 Å². The van der Waals surface area contributed by atoms with Gasteiger partial charge in [0.2, 0.25) is 0 Å². The highest BCUT2D eigenvalue weighted by Crippen LogP contribution is 2.45. The van der Waals surface area contributed by atoms with E-state index in [0.717, 1.165) is 96.3 Å². The van der Waals surface area contributed by atoms with Crippen molar-refractivity contribution in [3.8, 4) is 0 Å². The summed E-state index contributed by atoms with van der Waals surface area (Å²) in [6, 6.07) is 0. The van der Waals surface area contributed by atoms with Crippen LogP contribution in [0.1, 0.15) is 311 Å². The predicted molar refractivity (Wildman–Crippen MR) is 326 cm³/mol. The molecule has 0 saturated carbocycles. The summed E-state index contributed by atoms with van der Waals surface area (Å²) in [6.45, 7) is 9.34. The standard InChI is InChI=1S/C63H122O17P2/c1-7-9-11-13-15-17-19-21-23-27-35-41-47-62(67)79-58(51-73-60(65)45-39-33-26-22-20-18-16-14-12-10-8-2)53-77-81(69,70)75-49-57(64)50-76-82(71,72)78-54-59(52-74-61(66)46-40-34-30-29-32-38-44-56(5)6)80-63(68)48-42-36-28-24-25-31-37-43-55(3)4/h55-59,64H,7-54H2,1-6H3,(H,69,70)(H,71,72)/t57-,58-,59-/m1/s1. The van der Waals surface area contributed by atoms with E-state index < -0.39 is 97.5 Å². The van der Waals surface area contributed by atoms with E-state index in [1.54, 1.807) is 0 Å². The Morgan fingerprint density at radius 1 is 0.329 bits per heavy atom. The molecule has 5 atom stereocenters. The molecular weight excluding hydrogens is 1090 g/mol. The number of carbonyl (C=O) groups excluding carboxylic acids is 4. The minimum Gasteiger partial charge on any atom is -0.462 e. The van der Waals surface area contributed by atoms with Crippen LogP contribution in [-0.2, 0) is 65.4 Å². The molecule has 0 aliphatic carbocycles. The molecule has 82 heavy (non-hydrogen) atoms. The Bertz CT molecular complexity index is 1620. The zero-order valence-electron chi connectivity index (χ0n) is 52.8. The van der Waals surface area contributed by atoms with Gasteiger partial charge in [0.15, 0.2) is 12.2 Å². The first kappa shape index (κ1) is 80.1. The summed E-state index contributed by atoms with van der Waals surface area (Å²) in [5.41, 5.74) is 0. The number of esters is 4. The van der Waals surface area contributed by atoms with Crippen LogP contribution in [0.4, 0.5) is 0 Å². The van der Waals surface area contributed by atoms with E-state index in [1.807, 2.05) is 0 Å². The number of aliphatic hydroxyl groups is 1. The van der Waals surface area contributed by atoms with Gasteiger partial charge >= 0.3 is 39.5 Å². The Morgan fingerprint density at radius 3 is 0.829 bits per heavy atom. The van der Waals surface area contributed by atoms with Crippen LogP contribution in [-0.4, -0.2) is 96.7 Å². The molecule has 0 rings (SSSR count). The molecule has 17 nitrogen and oxygen atoms in total. The van der Waals surface area contributed by atoms with Gasteiger partial charge in [-0.1, -0.05) is 260 Å². The van der Waals surface area contributed by atoms with E-state index in [9.17, 15) is 43.2 Å². The maximum Gasteiger partial charge on any atom is 0.472 e. The second kappa shape index (κ2) is 55.6. The normalized spacial score (nSPS) is 14.3. The summed E-state index contributed by atoms with van der Waals surface area (Å²) >= 11 is 0. The number of phosphoric acid groups is 2. The smallest absolute Gasteiger partial charge is 0.462 e. The van der Waals surface area contributed by atoms with Crippen LogP contribution in [0.25, 0.3) is 0 Å². The van der Waals surface area contributed by atoms with Crippen molar-refractivity contribution in [2.45, 2.75) is 330 Å². The molecule has 0 heterocycles. The average molecular weight is 1210 g/mol. The van der Waals surface area contributed by atoms with Crippen LogP contribution in [0.2, 0.25) is 0 Å². The SMILES string of the molecule is CCCCCCCCCCCCCCC(=O)O[C@H](COC(=O)CCCCCCCCCCCCC)COP(=O)(O)OC[C@@H](O)COP(=O)(O)OC[C@@H](COC(=O)CCCCCCCCC(C)C)OC(=O)CCCCCCCCCC(C)C. The van der Waals surface area contributed by atoms with E-state index in [-0.39, 0.29) is 25.7 Å². The topological polar surface area (TPSA) is 237 Å². The molecule has 0 aromatic carbocycles. The lowest BCUT2D eigenvalue weighted by Gasteiger charge is -2.21. The van der Waals surface area contributed by atoms with Crippen molar-refractivity contribution in [2.75, 3.05) is 39.6 Å². The first-order chi connectivity index (χ1) is 39.4. The molecule has 0 aliphatic rings. The Hall–Kier alpha value is -1.94. The molecule has 0 aromatic rings. The van der Waals surface area contributed by atoms with Gasteiger partial charge in [-0.3, -0.25) is 37.3 Å². The maximum absolute atomic E-state index is 13.0. The number of carbonyl (C=O) groups is 4. The maximum atomic E-state index is 13.0. The van der Waals surface area contributed by atoms with Gasteiger partial charge in [-0.05, 0) is 37.5 Å². The molecule has 0 bridgehead atoms. The van der Waals surface area contributed by atoms with Gasteiger partial charge in [-0.25, -0.2) is 9.13 Å². The van der Waals surface area contributed by atoms with E-state index in [0.29, 0.717) is 37.5 Å². The highest BCUT2D eigenvalue weighted by molar-refractivity contribution is 7.47. The molecule has 0 aromatic heterocycles. The van der Waals surface area contributed by atoms with Gasteiger partial charge in [0.25, 0.3) is 0 Å². The highest BCUT2D eigenvalue weighted by atomic mass is 31.2. The average Bonchev–Trinajstić information content (AvgIpc) is 3.43. The molecule has 0 amide bonds. The second-order valence-corrected chi connectivity index (χ2v) is 26.7. The van der Waals surface area contributed by atoms with Crippen molar-refractivity contribution >= 4 is 39.5 Å². The van der Waals surface area contributed by atoms with E-state index in [2.05, 4.69) is 41.5 Å². The first-order valence-electron chi connectivity index (χ1n) is 33.0. The van der Waals surface area contributed by atoms with Crippen LogP contribution < -0.4 is 0 Å². The third kappa shape index (κ3) is 57.2. The molecule has 19 heteroatoms. The Labute approximate surface area is 498 Å². The summed E-state index contributed by atoms with van der Waals surface area (Å²) in [4.78, 5) is 72.1. The third-order valence-electron chi connectivity index (χ3n) is 14.5. The molecule has 0 fully saturated rings. The van der Waals surface area contributed by atoms with Gasteiger partial charge in [-0.15, -0.1) is 0 Å². The van der Waals surface area contributed by atoms with Gasteiger partial charge in [0.05, 0.1) is 26.4 Å².